The fourth-order valence-electron chi connectivity index (χ4n) is 2.22. The molecule has 1 saturated carbocycles. The first-order chi connectivity index (χ1) is 5.33. The van der Waals surface area contributed by atoms with Crippen LogP contribution in [0.3, 0.4) is 0 Å². The van der Waals surface area contributed by atoms with E-state index in [4.69, 9.17) is 0 Å². The van der Waals surface area contributed by atoms with Gasteiger partial charge in [0.25, 0.3) is 0 Å². The van der Waals surface area contributed by atoms with E-state index < -0.39 is 0 Å². The van der Waals surface area contributed by atoms with Gasteiger partial charge < -0.3 is 0 Å². The summed E-state index contributed by atoms with van der Waals surface area (Å²) in [7, 11) is 0. The first-order valence-electron chi connectivity index (χ1n) is 4.55. The van der Waals surface area contributed by atoms with Gasteiger partial charge in [-0.15, -0.1) is 0 Å². The van der Waals surface area contributed by atoms with Crippen molar-refractivity contribution in [3.05, 3.63) is 0 Å². The molecular formula is C9H18S2. The smallest absolute Gasteiger partial charge is 0.00926 e. The highest BCUT2D eigenvalue weighted by atomic mass is 32.1. The van der Waals surface area contributed by atoms with Gasteiger partial charge in [0, 0.05) is 0 Å². The SMILES string of the molecule is SCCC1(CCS)CCCC1. The highest BCUT2D eigenvalue weighted by Gasteiger charge is 2.31. The maximum atomic E-state index is 4.32. The predicted octanol–water partition coefficient (Wildman–Crippen LogP) is 3.19. The zero-order chi connectivity index (χ0) is 8.16. The van der Waals surface area contributed by atoms with Crippen LogP contribution in [0.25, 0.3) is 0 Å². The van der Waals surface area contributed by atoms with Gasteiger partial charge in [0.05, 0.1) is 0 Å². The van der Waals surface area contributed by atoms with Crippen LogP contribution in [0.15, 0.2) is 0 Å². The quantitative estimate of drug-likeness (QED) is 0.625. The summed E-state index contributed by atoms with van der Waals surface area (Å²) in [6, 6.07) is 0. The fraction of sp³-hybridized carbons (Fsp3) is 1.00. The van der Waals surface area contributed by atoms with Gasteiger partial charge in [-0.3, -0.25) is 0 Å². The van der Waals surface area contributed by atoms with Crippen LogP contribution in [0.1, 0.15) is 38.5 Å². The molecule has 66 valence electrons. The molecule has 0 N–H and O–H groups in total. The Morgan fingerprint density at radius 1 is 0.909 bits per heavy atom. The molecule has 1 aliphatic rings. The minimum atomic E-state index is 0.642. The van der Waals surface area contributed by atoms with E-state index >= 15 is 0 Å². The normalized spacial score (nSPS) is 22.4. The van der Waals surface area contributed by atoms with Crippen LogP contribution in [0.5, 0.6) is 0 Å². The van der Waals surface area contributed by atoms with E-state index in [1.807, 2.05) is 0 Å². The molecular weight excluding hydrogens is 172 g/mol. The van der Waals surface area contributed by atoms with Crippen LogP contribution in [-0.4, -0.2) is 11.5 Å². The highest BCUT2D eigenvalue weighted by molar-refractivity contribution is 7.80. The third kappa shape index (κ3) is 2.59. The van der Waals surface area contributed by atoms with E-state index in [1.54, 1.807) is 0 Å². The molecule has 0 nitrogen and oxygen atoms in total. The predicted molar refractivity (Wildman–Crippen MR) is 57.8 cm³/mol. The summed E-state index contributed by atoms with van der Waals surface area (Å²) in [5.41, 5.74) is 0.642. The minimum Gasteiger partial charge on any atom is -0.179 e. The molecule has 0 aromatic rings. The van der Waals surface area contributed by atoms with Crippen LogP contribution in [0, 0.1) is 5.41 Å². The number of hydrogen-bond acceptors (Lipinski definition) is 2. The number of thiol groups is 2. The molecule has 0 aromatic carbocycles. The Labute approximate surface area is 81.0 Å². The van der Waals surface area contributed by atoms with Crippen molar-refractivity contribution in [2.45, 2.75) is 38.5 Å². The van der Waals surface area contributed by atoms with Crippen molar-refractivity contribution in [1.82, 2.24) is 0 Å². The third-order valence-corrected chi connectivity index (χ3v) is 3.40. The Bertz CT molecular complexity index is 98.1. The highest BCUT2D eigenvalue weighted by Crippen LogP contribution is 2.44. The topological polar surface area (TPSA) is 0 Å². The zero-order valence-electron chi connectivity index (χ0n) is 7.05. The maximum absolute atomic E-state index is 4.32. The molecule has 0 atom stereocenters. The summed E-state index contributed by atoms with van der Waals surface area (Å²) in [4.78, 5) is 0. The van der Waals surface area contributed by atoms with Crippen molar-refractivity contribution in [2.75, 3.05) is 11.5 Å². The maximum Gasteiger partial charge on any atom is -0.00926 e. The summed E-state index contributed by atoms with van der Waals surface area (Å²) >= 11 is 8.64. The first-order valence-corrected chi connectivity index (χ1v) is 5.81. The second-order valence-corrected chi connectivity index (χ2v) is 4.55. The van der Waals surface area contributed by atoms with Gasteiger partial charge in [-0.1, -0.05) is 12.8 Å². The molecule has 0 radical (unpaired) electrons. The largest absolute Gasteiger partial charge is 0.179 e. The Balaban J connectivity index is 2.40. The summed E-state index contributed by atoms with van der Waals surface area (Å²) in [5, 5.41) is 0. The second-order valence-electron chi connectivity index (χ2n) is 3.65. The molecule has 1 aliphatic carbocycles. The van der Waals surface area contributed by atoms with Gasteiger partial charge in [-0.25, -0.2) is 0 Å². The number of rotatable bonds is 4. The van der Waals surface area contributed by atoms with Crippen molar-refractivity contribution < 1.29 is 0 Å². The number of hydrogen-bond donors (Lipinski definition) is 2. The lowest BCUT2D eigenvalue weighted by Crippen LogP contribution is -2.17. The molecule has 0 amide bonds. The molecule has 0 unspecified atom stereocenters. The molecule has 0 bridgehead atoms. The van der Waals surface area contributed by atoms with E-state index in [2.05, 4.69) is 25.3 Å². The zero-order valence-corrected chi connectivity index (χ0v) is 8.84. The summed E-state index contributed by atoms with van der Waals surface area (Å²) in [6.07, 6.45) is 8.32. The Hall–Kier alpha value is 0.700. The molecule has 1 rings (SSSR count). The lowest BCUT2D eigenvalue weighted by molar-refractivity contribution is 0.278. The van der Waals surface area contributed by atoms with Gasteiger partial charge in [-0.2, -0.15) is 25.3 Å². The second kappa shape index (κ2) is 4.66. The van der Waals surface area contributed by atoms with Crippen LogP contribution in [-0.2, 0) is 0 Å². The molecule has 0 aromatic heterocycles. The Morgan fingerprint density at radius 2 is 1.36 bits per heavy atom. The van der Waals surface area contributed by atoms with Crippen LogP contribution >= 0.6 is 25.3 Å². The van der Waals surface area contributed by atoms with Crippen molar-refractivity contribution in [3.63, 3.8) is 0 Å². The van der Waals surface area contributed by atoms with Crippen molar-refractivity contribution >= 4 is 25.3 Å². The molecule has 0 aliphatic heterocycles. The standard InChI is InChI=1S/C9H18S2/c10-7-5-9(6-8-11)3-1-2-4-9/h10-11H,1-8H2. The Kier molecular flexibility index (Phi) is 4.14. The van der Waals surface area contributed by atoms with E-state index in [0.29, 0.717) is 5.41 Å². The minimum absolute atomic E-state index is 0.642. The van der Waals surface area contributed by atoms with E-state index in [1.165, 1.54) is 38.5 Å². The third-order valence-electron chi connectivity index (χ3n) is 2.95. The van der Waals surface area contributed by atoms with Gasteiger partial charge in [0.1, 0.15) is 0 Å². The van der Waals surface area contributed by atoms with Crippen molar-refractivity contribution in [3.8, 4) is 0 Å². The lowest BCUT2D eigenvalue weighted by atomic mass is 9.81. The average molecular weight is 190 g/mol. The lowest BCUT2D eigenvalue weighted by Gasteiger charge is -2.27. The first kappa shape index (κ1) is 9.79. The van der Waals surface area contributed by atoms with Crippen LogP contribution < -0.4 is 0 Å². The summed E-state index contributed by atoms with van der Waals surface area (Å²) in [5.74, 6) is 2.10. The average Bonchev–Trinajstić information content (AvgIpc) is 2.39. The van der Waals surface area contributed by atoms with Gasteiger partial charge in [0.2, 0.25) is 0 Å². The summed E-state index contributed by atoms with van der Waals surface area (Å²) < 4.78 is 0. The van der Waals surface area contributed by atoms with E-state index in [0.717, 1.165) is 11.5 Å². The molecule has 0 heterocycles. The molecule has 0 saturated heterocycles. The molecule has 0 spiro atoms. The molecule has 11 heavy (non-hydrogen) atoms. The van der Waals surface area contributed by atoms with E-state index in [9.17, 15) is 0 Å². The van der Waals surface area contributed by atoms with Gasteiger partial charge in [0.15, 0.2) is 0 Å². The molecule has 1 fully saturated rings. The van der Waals surface area contributed by atoms with Gasteiger partial charge >= 0.3 is 0 Å². The van der Waals surface area contributed by atoms with Crippen LogP contribution in [0.4, 0.5) is 0 Å². The molecule has 2 heteroatoms. The Morgan fingerprint density at radius 3 is 1.73 bits per heavy atom. The van der Waals surface area contributed by atoms with Crippen molar-refractivity contribution in [1.29, 1.82) is 0 Å². The van der Waals surface area contributed by atoms with Gasteiger partial charge in [-0.05, 0) is 42.6 Å². The fourth-order valence-corrected chi connectivity index (χ4v) is 3.17. The van der Waals surface area contributed by atoms with Crippen molar-refractivity contribution in [2.24, 2.45) is 5.41 Å². The van der Waals surface area contributed by atoms with Crippen LogP contribution in [0.2, 0.25) is 0 Å². The van der Waals surface area contributed by atoms with E-state index in [-0.39, 0.29) is 0 Å². The summed E-state index contributed by atoms with van der Waals surface area (Å²) in [6.45, 7) is 0. The monoisotopic (exact) mass is 190 g/mol.